The summed E-state index contributed by atoms with van der Waals surface area (Å²) in [7, 11) is 0. The van der Waals surface area contributed by atoms with E-state index >= 15 is 0 Å². The number of benzene rings is 2. The summed E-state index contributed by atoms with van der Waals surface area (Å²) in [5.41, 5.74) is -0.0442. The number of Topliss-reactive ketones (excluding diaryl/α,β-unsaturated/α-hetero) is 1. The number of piperidine rings is 1. The molecule has 1 saturated heterocycles. The number of ketones is 1. The minimum Gasteiger partial charge on any atom is -0.348 e. The van der Waals surface area contributed by atoms with E-state index in [0.29, 0.717) is 0 Å². The average molecular weight is 376 g/mol. The van der Waals surface area contributed by atoms with Crippen LogP contribution in [0.3, 0.4) is 0 Å². The number of rotatable bonds is 3. The summed E-state index contributed by atoms with van der Waals surface area (Å²) >= 11 is 0. The predicted octanol–water partition coefficient (Wildman–Crippen LogP) is 3.09. The molecule has 2 amide bonds. The van der Waals surface area contributed by atoms with Crippen molar-refractivity contribution in [3.05, 3.63) is 65.7 Å². The standard InChI is InChI=1S/C19H15F3N2O3/c20-19(21,22)12-6-8-13(9-7-12)23-17(26)16-15(25)10-14(24-18(16)27)11-4-2-1-3-5-11/h1-9,14,16H,10H2,(H,23,26)(H,24,27). The SMILES string of the molecule is O=C1CC(c2ccccc2)NC(=O)C1C(=O)Nc1ccc(C(F)(F)F)cc1. The highest BCUT2D eigenvalue weighted by atomic mass is 19.4. The molecule has 2 atom stereocenters. The lowest BCUT2D eigenvalue weighted by Crippen LogP contribution is -2.49. The smallest absolute Gasteiger partial charge is 0.348 e. The Morgan fingerprint density at radius 2 is 1.63 bits per heavy atom. The van der Waals surface area contributed by atoms with Crippen molar-refractivity contribution >= 4 is 23.3 Å². The second-order valence-electron chi connectivity index (χ2n) is 6.14. The van der Waals surface area contributed by atoms with E-state index in [9.17, 15) is 27.6 Å². The quantitative estimate of drug-likeness (QED) is 0.809. The lowest BCUT2D eigenvalue weighted by molar-refractivity contribution is -0.143. The van der Waals surface area contributed by atoms with E-state index in [1.807, 2.05) is 0 Å². The Kier molecular flexibility index (Phi) is 4.98. The van der Waals surface area contributed by atoms with Crippen molar-refractivity contribution in [2.75, 3.05) is 5.32 Å². The van der Waals surface area contributed by atoms with E-state index in [2.05, 4.69) is 10.6 Å². The third-order valence-electron chi connectivity index (χ3n) is 4.25. The largest absolute Gasteiger partial charge is 0.416 e. The van der Waals surface area contributed by atoms with Crippen LogP contribution in [0.15, 0.2) is 54.6 Å². The first-order valence-corrected chi connectivity index (χ1v) is 8.12. The summed E-state index contributed by atoms with van der Waals surface area (Å²) in [5, 5.41) is 4.96. The highest BCUT2D eigenvalue weighted by Gasteiger charge is 2.40. The summed E-state index contributed by atoms with van der Waals surface area (Å²) in [4.78, 5) is 36.9. The van der Waals surface area contributed by atoms with Gasteiger partial charge in [0.25, 0.3) is 0 Å². The zero-order valence-electron chi connectivity index (χ0n) is 13.9. The molecular formula is C19H15F3N2O3. The van der Waals surface area contributed by atoms with Crippen LogP contribution in [0.5, 0.6) is 0 Å². The van der Waals surface area contributed by atoms with Crippen LogP contribution in [0.25, 0.3) is 0 Å². The Morgan fingerprint density at radius 3 is 2.19 bits per heavy atom. The lowest BCUT2D eigenvalue weighted by atomic mass is 9.88. The Hall–Kier alpha value is -3.16. The maximum Gasteiger partial charge on any atom is 0.416 e. The number of halogens is 3. The summed E-state index contributed by atoms with van der Waals surface area (Å²) in [5.74, 6) is -3.68. The second-order valence-corrected chi connectivity index (χ2v) is 6.14. The predicted molar refractivity (Wildman–Crippen MR) is 90.5 cm³/mol. The summed E-state index contributed by atoms with van der Waals surface area (Å²) in [6, 6.07) is 12.1. The first kappa shape index (κ1) is 18.6. The molecule has 0 saturated carbocycles. The van der Waals surface area contributed by atoms with Gasteiger partial charge in [-0.2, -0.15) is 13.2 Å². The van der Waals surface area contributed by atoms with Gasteiger partial charge in [-0.05, 0) is 29.8 Å². The second kappa shape index (κ2) is 7.22. The van der Waals surface area contributed by atoms with Crippen molar-refractivity contribution in [2.24, 2.45) is 5.92 Å². The van der Waals surface area contributed by atoms with E-state index in [-0.39, 0.29) is 12.1 Å². The highest BCUT2D eigenvalue weighted by Crippen LogP contribution is 2.30. The molecular weight excluding hydrogens is 361 g/mol. The van der Waals surface area contributed by atoms with Crippen LogP contribution in [-0.2, 0) is 20.6 Å². The number of anilines is 1. The minimum absolute atomic E-state index is 0.0408. The fraction of sp³-hybridized carbons (Fsp3) is 0.211. The van der Waals surface area contributed by atoms with Gasteiger partial charge in [0.1, 0.15) is 0 Å². The molecule has 8 heteroatoms. The van der Waals surface area contributed by atoms with Gasteiger partial charge in [-0.3, -0.25) is 14.4 Å². The molecule has 1 aliphatic heterocycles. The molecule has 0 bridgehead atoms. The molecule has 3 rings (SSSR count). The van der Waals surface area contributed by atoms with E-state index in [0.717, 1.165) is 29.8 Å². The molecule has 2 aromatic rings. The summed E-state index contributed by atoms with van der Waals surface area (Å²) < 4.78 is 37.7. The van der Waals surface area contributed by atoms with Gasteiger partial charge in [0.15, 0.2) is 11.7 Å². The van der Waals surface area contributed by atoms with Gasteiger partial charge in [0, 0.05) is 12.1 Å². The maximum absolute atomic E-state index is 12.6. The molecule has 0 aliphatic carbocycles. The first-order valence-electron chi connectivity index (χ1n) is 8.12. The van der Waals surface area contributed by atoms with E-state index in [1.54, 1.807) is 30.3 Å². The number of carbonyl (C=O) groups excluding carboxylic acids is 3. The Balaban J connectivity index is 1.68. The molecule has 0 radical (unpaired) electrons. The number of amides is 2. The molecule has 1 fully saturated rings. The van der Waals surface area contributed by atoms with Gasteiger partial charge in [-0.15, -0.1) is 0 Å². The van der Waals surface area contributed by atoms with E-state index < -0.39 is 41.3 Å². The number of hydrogen-bond donors (Lipinski definition) is 2. The van der Waals surface area contributed by atoms with Gasteiger partial charge in [-0.1, -0.05) is 30.3 Å². The fourth-order valence-corrected chi connectivity index (χ4v) is 2.88. The molecule has 1 aliphatic rings. The van der Waals surface area contributed by atoms with Crippen molar-refractivity contribution in [3.8, 4) is 0 Å². The zero-order chi connectivity index (χ0) is 19.6. The Bertz CT molecular complexity index is 846. The fourth-order valence-electron chi connectivity index (χ4n) is 2.88. The van der Waals surface area contributed by atoms with Crippen LogP contribution in [-0.4, -0.2) is 17.6 Å². The van der Waals surface area contributed by atoms with Gasteiger partial charge < -0.3 is 10.6 Å². The molecule has 2 N–H and O–H groups in total. The first-order chi connectivity index (χ1) is 12.8. The Labute approximate surface area is 152 Å². The maximum atomic E-state index is 12.6. The van der Waals surface area contributed by atoms with Crippen LogP contribution in [0, 0.1) is 5.92 Å². The molecule has 0 aromatic heterocycles. The molecule has 0 spiro atoms. The summed E-state index contributed by atoms with van der Waals surface area (Å²) in [6.45, 7) is 0. The van der Waals surface area contributed by atoms with Crippen molar-refractivity contribution in [3.63, 3.8) is 0 Å². The molecule has 2 aromatic carbocycles. The topological polar surface area (TPSA) is 75.3 Å². The third-order valence-corrected chi connectivity index (χ3v) is 4.25. The minimum atomic E-state index is -4.49. The number of nitrogens with one attached hydrogen (secondary N) is 2. The number of hydrogen-bond acceptors (Lipinski definition) is 3. The lowest BCUT2D eigenvalue weighted by Gasteiger charge is -2.27. The van der Waals surface area contributed by atoms with E-state index in [1.165, 1.54) is 0 Å². The zero-order valence-corrected chi connectivity index (χ0v) is 13.9. The van der Waals surface area contributed by atoms with Gasteiger partial charge in [0.05, 0.1) is 11.6 Å². The van der Waals surface area contributed by atoms with Crippen LogP contribution >= 0.6 is 0 Å². The summed E-state index contributed by atoms with van der Waals surface area (Å²) in [6.07, 6.45) is -4.53. The van der Waals surface area contributed by atoms with Crippen molar-refractivity contribution in [1.82, 2.24) is 5.32 Å². The van der Waals surface area contributed by atoms with Crippen LogP contribution in [0.4, 0.5) is 18.9 Å². The monoisotopic (exact) mass is 376 g/mol. The number of carbonyl (C=O) groups is 3. The molecule has 27 heavy (non-hydrogen) atoms. The molecule has 2 unspecified atom stereocenters. The van der Waals surface area contributed by atoms with Crippen molar-refractivity contribution in [2.45, 2.75) is 18.6 Å². The van der Waals surface area contributed by atoms with Crippen molar-refractivity contribution < 1.29 is 27.6 Å². The molecule has 1 heterocycles. The molecule has 140 valence electrons. The molecule has 5 nitrogen and oxygen atoms in total. The Morgan fingerprint density at radius 1 is 1.00 bits per heavy atom. The van der Waals surface area contributed by atoms with Gasteiger partial charge >= 0.3 is 6.18 Å². The van der Waals surface area contributed by atoms with E-state index in [4.69, 9.17) is 0 Å². The van der Waals surface area contributed by atoms with Crippen LogP contribution in [0.2, 0.25) is 0 Å². The normalized spacial score (nSPS) is 20.1. The van der Waals surface area contributed by atoms with Crippen LogP contribution < -0.4 is 10.6 Å². The average Bonchev–Trinajstić information content (AvgIpc) is 2.61. The van der Waals surface area contributed by atoms with Gasteiger partial charge in [-0.25, -0.2) is 0 Å². The van der Waals surface area contributed by atoms with Crippen LogP contribution in [0.1, 0.15) is 23.6 Å². The van der Waals surface area contributed by atoms with Gasteiger partial charge in [0.2, 0.25) is 11.8 Å². The third kappa shape index (κ3) is 4.16. The van der Waals surface area contributed by atoms with Crippen molar-refractivity contribution in [1.29, 1.82) is 0 Å². The number of alkyl halides is 3. The highest BCUT2D eigenvalue weighted by molar-refractivity contribution is 6.22.